The Morgan fingerprint density at radius 2 is 2.00 bits per heavy atom. The average Bonchev–Trinajstić information content (AvgIpc) is 2.86. The molecule has 0 unspecified atom stereocenters. The lowest BCUT2D eigenvalue weighted by Crippen LogP contribution is -2.44. The van der Waals surface area contributed by atoms with Gasteiger partial charge in [0, 0.05) is 4.47 Å². The second kappa shape index (κ2) is 5.74. The molecule has 1 amide bonds. The molecule has 1 saturated carbocycles. The highest BCUT2D eigenvalue weighted by Gasteiger charge is 2.42. The van der Waals surface area contributed by atoms with Crippen LogP contribution in [-0.4, -0.2) is 23.5 Å². The first-order chi connectivity index (χ1) is 9.04. The summed E-state index contributed by atoms with van der Waals surface area (Å²) >= 11 is 3.42. The van der Waals surface area contributed by atoms with Gasteiger partial charge >= 0.3 is 5.97 Å². The van der Waals surface area contributed by atoms with Gasteiger partial charge in [-0.2, -0.15) is 0 Å². The Morgan fingerprint density at radius 3 is 2.58 bits per heavy atom. The Labute approximate surface area is 120 Å². The fourth-order valence-electron chi connectivity index (χ4n) is 2.74. The number of carboxylic acid groups (broad SMARTS) is 1. The molecular weight excluding hydrogens is 310 g/mol. The lowest BCUT2D eigenvalue weighted by Gasteiger charge is -2.28. The van der Waals surface area contributed by atoms with E-state index in [1.807, 2.05) is 24.3 Å². The second-order valence-electron chi connectivity index (χ2n) is 4.88. The molecule has 0 spiro atoms. The van der Waals surface area contributed by atoms with Crippen LogP contribution in [0.4, 0.5) is 0 Å². The molecule has 0 bridgehead atoms. The van der Waals surface area contributed by atoms with Gasteiger partial charge in [-0.3, -0.25) is 9.59 Å². The predicted molar refractivity (Wildman–Crippen MR) is 74.9 cm³/mol. The van der Waals surface area contributed by atoms with Crippen LogP contribution in [0.1, 0.15) is 31.2 Å². The van der Waals surface area contributed by atoms with Gasteiger partial charge in [-0.1, -0.05) is 40.9 Å². The van der Waals surface area contributed by atoms with E-state index < -0.39 is 11.4 Å². The molecule has 4 nitrogen and oxygen atoms in total. The summed E-state index contributed by atoms with van der Waals surface area (Å²) < 4.78 is 0.933. The molecule has 2 N–H and O–H groups in total. The van der Waals surface area contributed by atoms with Crippen molar-refractivity contribution in [3.63, 3.8) is 0 Å². The van der Waals surface area contributed by atoms with Gasteiger partial charge in [0.1, 0.15) is 6.54 Å². The van der Waals surface area contributed by atoms with Gasteiger partial charge in [0.25, 0.3) is 0 Å². The van der Waals surface area contributed by atoms with Crippen LogP contribution in [0.3, 0.4) is 0 Å². The van der Waals surface area contributed by atoms with E-state index in [9.17, 15) is 9.59 Å². The van der Waals surface area contributed by atoms with Gasteiger partial charge in [-0.25, -0.2) is 0 Å². The Kier molecular flexibility index (Phi) is 4.24. The molecule has 102 valence electrons. The van der Waals surface area contributed by atoms with Crippen LogP contribution in [0.2, 0.25) is 0 Å². The van der Waals surface area contributed by atoms with Crippen molar-refractivity contribution in [1.82, 2.24) is 5.32 Å². The minimum atomic E-state index is -1.02. The number of benzene rings is 1. The molecular formula is C14H16BrNO3. The number of hydrogen-bond acceptors (Lipinski definition) is 2. The van der Waals surface area contributed by atoms with Crippen molar-refractivity contribution in [2.75, 3.05) is 6.54 Å². The number of nitrogens with one attached hydrogen (secondary N) is 1. The maximum Gasteiger partial charge on any atom is 0.322 e. The van der Waals surface area contributed by atoms with Gasteiger partial charge in [-0.15, -0.1) is 0 Å². The molecule has 0 aromatic heterocycles. The first-order valence-corrected chi connectivity index (χ1v) is 7.10. The van der Waals surface area contributed by atoms with Crippen LogP contribution in [0, 0.1) is 0 Å². The lowest BCUT2D eigenvalue weighted by molar-refractivity contribution is -0.138. The molecule has 1 aliphatic carbocycles. The molecule has 0 heterocycles. The van der Waals surface area contributed by atoms with Gasteiger partial charge in [0.05, 0.1) is 5.41 Å². The van der Waals surface area contributed by atoms with Crippen molar-refractivity contribution in [3.05, 3.63) is 34.3 Å². The normalized spacial score (nSPS) is 17.1. The highest BCUT2D eigenvalue weighted by Crippen LogP contribution is 2.41. The van der Waals surface area contributed by atoms with Crippen molar-refractivity contribution in [2.24, 2.45) is 0 Å². The highest BCUT2D eigenvalue weighted by molar-refractivity contribution is 9.10. The molecule has 1 aromatic carbocycles. The third kappa shape index (κ3) is 2.97. The molecule has 19 heavy (non-hydrogen) atoms. The monoisotopic (exact) mass is 325 g/mol. The zero-order valence-electron chi connectivity index (χ0n) is 10.5. The van der Waals surface area contributed by atoms with Crippen LogP contribution in [0.15, 0.2) is 28.7 Å². The van der Waals surface area contributed by atoms with Crippen LogP contribution in [0.25, 0.3) is 0 Å². The van der Waals surface area contributed by atoms with E-state index in [-0.39, 0.29) is 12.5 Å². The summed E-state index contributed by atoms with van der Waals surface area (Å²) in [7, 11) is 0. The lowest BCUT2D eigenvalue weighted by atomic mass is 9.78. The largest absolute Gasteiger partial charge is 0.480 e. The molecule has 5 heteroatoms. The summed E-state index contributed by atoms with van der Waals surface area (Å²) in [6.07, 6.45) is 3.53. The number of carbonyl (C=O) groups excluding carboxylic acids is 1. The van der Waals surface area contributed by atoms with Gasteiger partial charge in [0.15, 0.2) is 0 Å². The summed E-state index contributed by atoms with van der Waals surface area (Å²) in [5.41, 5.74) is 0.390. The molecule has 1 fully saturated rings. The number of rotatable bonds is 4. The molecule has 0 saturated heterocycles. The Bertz CT molecular complexity index is 495. The van der Waals surface area contributed by atoms with Crippen molar-refractivity contribution >= 4 is 27.8 Å². The van der Waals surface area contributed by atoms with E-state index in [1.165, 1.54) is 0 Å². The van der Waals surface area contributed by atoms with Gasteiger partial charge < -0.3 is 10.4 Å². The average molecular weight is 326 g/mol. The topological polar surface area (TPSA) is 66.4 Å². The van der Waals surface area contributed by atoms with Crippen molar-refractivity contribution in [1.29, 1.82) is 0 Å². The maximum absolute atomic E-state index is 12.4. The summed E-state index contributed by atoms with van der Waals surface area (Å²) in [5.74, 6) is -1.19. The van der Waals surface area contributed by atoms with Crippen LogP contribution in [-0.2, 0) is 15.0 Å². The van der Waals surface area contributed by atoms with E-state index in [1.54, 1.807) is 0 Å². The molecule has 1 aromatic rings. The third-order valence-electron chi connectivity index (χ3n) is 3.67. The molecule has 2 rings (SSSR count). The van der Waals surface area contributed by atoms with E-state index >= 15 is 0 Å². The number of carboxylic acids is 1. The van der Waals surface area contributed by atoms with Crippen LogP contribution in [0.5, 0.6) is 0 Å². The first kappa shape index (κ1) is 14.1. The minimum Gasteiger partial charge on any atom is -0.480 e. The summed E-state index contributed by atoms with van der Waals surface area (Å²) in [5, 5.41) is 11.2. The Hall–Kier alpha value is -1.36. The number of halogens is 1. The van der Waals surface area contributed by atoms with Crippen LogP contribution < -0.4 is 5.32 Å². The smallest absolute Gasteiger partial charge is 0.322 e. The highest BCUT2D eigenvalue weighted by atomic mass is 79.9. The third-order valence-corrected chi connectivity index (χ3v) is 4.16. The van der Waals surface area contributed by atoms with Crippen molar-refractivity contribution < 1.29 is 14.7 Å². The molecule has 0 aliphatic heterocycles. The summed E-state index contributed by atoms with van der Waals surface area (Å²) in [4.78, 5) is 23.0. The number of aliphatic carboxylic acids is 1. The summed E-state index contributed by atoms with van der Waals surface area (Å²) in [6.45, 7) is -0.325. The quantitative estimate of drug-likeness (QED) is 0.893. The molecule has 0 atom stereocenters. The Morgan fingerprint density at radius 1 is 1.32 bits per heavy atom. The zero-order chi connectivity index (χ0) is 13.9. The second-order valence-corrected chi connectivity index (χ2v) is 5.79. The molecule has 1 aliphatic rings. The fraction of sp³-hybridized carbons (Fsp3) is 0.429. The predicted octanol–water partition coefficient (Wildman–Crippen LogP) is 2.46. The van der Waals surface area contributed by atoms with E-state index in [4.69, 9.17) is 5.11 Å². The standard InChI is InChI=1S/C14H16BrNO3/c15-11-5-3-4-10(8-11)14(6-1-2-7-14)13(19)16-9-12(17)18/h3-5,8H,1-2,6-7,9H2,(H,16,19)(H,17,18). The van der Waals surface area contributed by atoms with E-state index in [2.05, 4.69) is 21.2 Å². The maximum atomic E-state index is 12.4. The first-order valence-electron chi connectivity index (χ1n) is 6.31. The zero-order valence-corrected chi connectivity index (χ0v) is 12.1. The molecule has 0 radical (unpaired) electrons. The van der Waals surface area contributed by atoms with E-state index in [0.717, 1.165) is 35.7 Å². The summed E-state index contributed by atoms with van der Waals surface area (Å²) in [6, 6.07) is 7.72. The van der Waals surface area contributed by atoms with Gasteiger partial charge in [0.2, 0.25) is 5.91 Å². The number of amides is 1. The Balaban J connectivity index is 2.27. The van der Waals surface area contributed by atoms with Crippen LogP contribution >= 0.6 is 15.9 Å². The van der Waals surface area contributed by atoms with Crippen molar-refractivity contribution in [2.45, 2.75) is 31.1 Å². The minimum absolute atomic E-state index is 0.175. The van der Waals surface area contributed by atoms with Gasteiger partial charge in [-0.05, 0) is 30.5 Å². The number of hydrogen-bond donors (Lipinski definition) is 2. The van der Waals surface area contributed by atoms with Crippen molar-refractivity contribution in [3.8, 4) is 0 Å². The van der Waals surface area contributed by atoms with E-state index in [0.29, 0.717) is 0 Å². The number of carbonyl (C=O) groups is 2. The fourth-order valence-corrected chi connectivity index (χ4v) is 3.14. The SMILES string of the molecule is O=C(O)CNC(=O)C1(c2cccc(Br)c2)CCCC1.